The Morgan fingerprint density at radius 1 is 1.00 bits per heavy atom. The highest BCUT2D eigenvalue weighted by molar-refractivity contribution is 5.85. The molecule has 0 atom stereocenters. The lowest BCUT2D eigenvalue weighted by atomic mass is 10.2. The molecule has 0 aliphatic carbocycles. The number of carbonyl (C=O) groups excluding carboxylic acids is 2. The van der Waals surface area contributed by atoms with Gasteiger partial charge in [0.25, 0.3) is 0 Å². The minimum atomic E-state index is 0.203. The van der Waals surface area contributed by atoms with Crippen LogP contribution in [0.2, 0.25) is 0 Å². The smallest absolute Gasteiger partial charge is 0.222 e. The molecule has 0 bridgehead atoms. The molecule has 11 nitrogen and oxygen atoms in total. The number of amides is 2. The van der Waals surface area contributed by atoms with E-state index in [4.69, 9.17) is 14.5 Å². The molecule has 2 amide bonds. The molecule has 0 saturated carbocycles. The summed E-state index contributed by atoms with van der Waals surface area (Å²) in [5, 5.41) is 7.46. The van der Waals surface area contributed by atoms with Crippen LogP contribution in [0.3, 0.4) is 0 Å². The number of aryl methyl sites for hydroxylation is 2. The molecule has 5 heterocycles. The number of aromatic nitrogens is 5. The average Bonchev–Trinajstić information content (AvgIpc) is 3.59. The third-order valence-corrected chi connectivity index (χ3v) is 6.57. The van der Waals surface area contributed by atoms with Crippen LogP contribution in [0.4, 0.5) is 5.82 Å². The third kappa shape index (κ3) is 4.34. The summed E-state index contributed by atoms with van der Waals surface area (Å²) >= 11 is 0. The van der Waals surface area contributed by atoms with Crippen molar-refractivity contribution >= 4 is 28.8 Å². The van der Waals surface area contributed by atoms with Crippen molar-refractivity contribution in [2.24, 2.45) is 0 Å². The Morgan fingerprint density at radius 3 is 2.38 bits per heavy atom. The molecular formula is C23H30N8O3. The maximum Gasteiger partial charge on any atom is 0.222 e. The summed E-state index contributed by atoms with van der Waals surface area (Å²) in [4.78, 5) is 41.9. The highest BCUT2D eigenvalue weighted by Gasteiger charge is 2.23. The fourth-order valence-corrected chi connectivity index (χ4v) is 4.73. The second-order valence-corrected chi connectivity index (χ2v) is 8.95. The number of nitrogens with one attached hydrogen (secondary N) is 1. The van der Waals surface area contributed by atoms with E-state index in [1.807, 2.05) is 28.2 Å². The monoisotopic (exact) mass is 466 g/mol. The van der Waals surface area contributed by atoms with Crippen molar-refractivity contribution in [2.75, 3.05) is 38.0 Å². The van der Waals surface area contributed by atoms with Gasteiger partial charge >= 0.3 is 0 Å². The van der Waals surface area contributed by atoms with Crippen LogP contribution in [-0.2, 0) is 16.1 Å². The summed E-state index contributed by atoms with van der Waals surface area (Å²) in [5.74, 6) is 2.27. The van der Waals surface area contributed by atoms with Crippen LogP contribution in [0.5, 0.6) is 0 Å². The molecule has 11 heteroatoms. The molecule has 0 spiro atoms. The first-order valence-corrected chi connectivity index (χ1v) is 12.0. The lowest BCUT2D eigenvalue weighted by Gasteiger charge is -2.16. The normalized spacial score (nSPS) is 16.4. The number of anilines is 1. The average molecular weight is 467 g/mol. The third-order valence-electron chi connectivity index (χ3n) is 6.57. The molecule has 3 aromatic rings. The molecule has 0 radical (unpaired) electrons. The lowest BCUT2D eigenvalue weighted by molar-refractivity contribution is -0.128. The van der Waals surface area contributed by atoms with E-state index < -0.39 is 0 Å². The van der Waals surface area contributed by atoms with E-state index in [0.717, 1.165) is 50.2 Å². The predicted octanol–water partition coefficient (Wildman–Crippen LogP) is 2.14. The van der Waals surface area contributed by atoms with Gasteiger partial charge in [0, 0.05) is 52.1 Å². The van der Waals surface area contributed by atoms with Gasteiger partial charge in [0.05, 0.1) is 17.6 Å². The first kappa shape index (κ1) is 22.3. The van der Waals surface area contributed by atoms with Gasteiger partial charge in [-0.05, 0) is 33.1 Å². The summed E-state index contributed by atoms with van der Waals surface area (Å²) in [6.07, 6.45) is 5.71. The van der Waals surface area contributed by atoms with Gasteiger partial charge in [-0.3, -0.25) is 9.59 Å². The Hall–Kier alpha value is -3.50. The Morgan fingerprint density at radius 2 is 1.74 bits per heavy atom. The van der Waals surface area contributed by atoms with Crippen LogP contribution in [0.1, 0.15) is 43.6 Å². The maximum atomic E-state index is 12.0. The zero-order valence-corrected chi connectivity index (χ0v) is 19.7. The Bertz CT molecular complexity index is 1200. The zero-order chi connectivity index (χ0) is 23.7. The molecule has 3 aromatic heterocycles. The molecule has 180 valence electrons. The van der Waals surface area contributed by atoms with E-state index in [1.54, 1.807) is 6.33 Å². The van der Waals surface area contributed by atoms with Gasteiger partial charge in [-0.25, -0.2) is 15.0 Å². The van der Waals surface area contributed by atoms with Gasteiger partial charge in [0.15, 0.2) is 17.3 Å². The van der Waals surface area contributed by atoms with Crippen LogP contribution < -0.4 is 5.32 Å². The van der Waals surface area contributed by atoms with Gasteiger partial charge in [-0.1, -0.05) is 5.16 Å². The number of imidazole rings is 1. The zero-order valence-electron chi connectivity index (χ0n) is 19.7. The molecule has 2 aliphatic rings. The van der Waals surface area contributed by atoms with Crippen molar-refractivity contribution in [3.8, 4) is 11.4 Å². The topological polar surface area (TPSA) is 122 Å². The van der Waals surface area contributed by atoms with Crippen molar-refractivity contribution in [1.82, 2.24) is 34.5 Å². The SMILES string of the molecule is Cc1noc(C)c1-c1nc(NCCCN2CCCC2=O)c2ncn(CCN3CCCC3=O)c2n1. The first-order chi connectivity index (χ1) is 16.5. The van der Waals surface area contributed by atoms with Crippen molar-refractivity contribution in [3.05, 3.63) is 17.8 Å². The summed E-state index contributed by atoms with van der Waals surface area (Å²) in [6, 6.07) is 0. The van der Waals surface area contributed by atoms with Crippen molar-refractivity contribution < 1.29 is 14.1 Å². The molecule has 1 N–H and O–H groups in total. The van der Waals surface area contributed by atoms with Crippen molar-refractivity contribution in [2.45, 2.75) is 52.5 Å². The van der Waals surface area contributed by atoms with E-state index >= 15 is 0 Å². The van der Waals surface area contributed by atoms with E-state index in [0.29, 0.717) is 61.0 Å². The summed E-state index contributed by atoms with van der Waals surface area (Å²) < 4.78 is 7.32. The van der Waals surface area contributed by atoms with E-state index in [1.165, 1.54) is 0 Å². The fraction of sp³-hybridized carbons (Fsp3) is 0.565. The van der Waals surface area contributed by atoms with Crippen LogP contribution in [-0.4, -0.2) is 79.0 Å². The standard InChI is InChI=1S/C23H30N8O3/c1-15-19(16(2)34-28-15)21-26-22(24-8-5-11-29-9-3-6-17(29)32)20-23(27-21)31(14-25-20)13-12-30-10-4-7-18(30)33/h14H,3-13H2,1-2H3,(H,24,26,27). The van der Waals surface area contributed by atoms with Crippen LogP contribution in [0, 0.1) is 13.8 Å². The highest BCUT2D eigenvalue weighted by atomic mass is 16.5. The molecule has 2 saturated heterocycles. The predicted molar refractivity (Wildman–Crippen MR) is 125 cm³/mol. The second-order valence-electron chi connectivity index (χ2n) is 8.95. The van der Waals surface area contributed by atoms with Crippen LogP contribution >= 0.6 is 0 Å². The molecule has 5 rings (SSSR count). The van der Waals surface area contributed by atoms with E-state index in [2.05, 4.69) is 15.5 Å². The van der Waals surface area contributed by atoms with Crippen molar-refractivity contribution in [3.63, 3.8) is 0 Å². The molecular weight excluding hydrogens is 436 g/mol. The number of carbonyl (C=O) groups is 2. The maximum absolute atomic E-state index is 12.0. The molecule has 2 aliphatic heterocycles. The van der Waals surface area contributed by atoms with Gasteiger partial charge in [0.1, 0.15) is 11.3 Å². The van der Waals surface area contributed by atoms with Gasteiger partial charge in [-0.15, -0.1) is 0 Å². The molecule has 0 aromatic carbocycles. The van der Waals surface area contributed by atoms with Crippen molar-refractivity contribution in [1.29, 1.82) is 0 Å². The number of nitrogens with zero attached hydrogens (tertiary/aromatic N) is 7. The largest absolute Gasteiger partial charge is 0.368 e. The van der Waals surface area contributed by atoms with Crippen LogP contribution in [0.15, 0.2) is 10.9 Å². The molecule has 34 heavy (non-hydrogen) atoms. The molecule has 0 unspecified atom stereocenters. The van der Waals surface area contributed by atoms with Gasteiger partial charge < -0.3 is 24.2 Å². The highest BCUT2D eigenvalue weighted by Crippen LogP contribution is 2.28. The fourth-order valence-electron chi connectivity index (χ4n) is 4.73. The number of rotatable bonds is 9. The number of fused-ring (bicyclic) bond motifs is 1. The number of hydrogen-bond donors (Lipinski definition) is 1. The first-order valence-electron chi connectivity index (χ1n) is 12.0. The minimum Gasteiger partial charge on any atom is -0.368 e. The van der Waals surface area contributed by atoms with E-state index in [9.17, 15) is 9.59 Å². The van der Waals surface area contributed by atoms with Gasteiger partial charge in [0.2, 0.25) is 11.8 Å². The van der Waals surface area contributed by atoms with E-state index in [-0.39, 0.29) is 11.8 Å². The Kier molecular flexibility index (Phi) is 6.16. The summed E-state index contributed by atoms with van der Waals surface area (Å²) in [7, 11) is 0. The Balaban J connectivity index is 1.39. The number of likely N-dealkylation sites (tertiary alicyclic amines) is 2. The summed E-state index contributed by atoms with van der Waals surface area (Å²) in [5.41, 5.74) is 2.88. The minimum absolute atomic E-state index is 0.203. The second kappa shape index (κ2) is 9.40. The van der Waals surface area contributed by atoms with Gasteiger partial charge in [-0.2, -0.15) is 0 Å². The molecule has 2 fully saturated rings. The van der Waals surface area contributed by atoms with Crippen LogP contribution in [0.25, 0.3) is 22.6 Å². The Labute approximate surface area is 197 Å². The number of hydrogen-bond acceptors (Lipinski definition) is 8. The lowest BCUT2D eigenvalue weighted by Crippen LogP contribution is -2.28. The summed E-state index contributed by atoms with van der Waals surface area (Å²) in [6.45, 7) is 7.99. The quantitative estimate of drug-likeness (QED) is 0.476.